The van der Waals surface area contributed by atoms with E-state index in [4.69, 9.17) is 4.74 Å². The average molecular weight is 298 g/mol. The lowest BCUT2D eigenvalue weighted by Crippen LogP contribution is -2.44. The molecule has 1 saturated carbocycles. The maximum Gasteiger partial charge on any atom is 0.0897 e. The smallest absolute Gasteiger partial charge is 0.0897 e. The maximum atomic E-state index is 10.0. The lowest BCUT2D eigenvalue weighted by Gasteiger charge is -2.38. The molecule has 1 aliphatic carbocycles. The van der Waals surface area contributed by atoms with Crippen molar-refractivity contribution in [2.75, 3.05) is 39.8 Å². The molecule has 2 aliphatic rings. The van der Waals surface area contributed by atoms with Crippen molar-refractivity contribution < 1.29 is 9.84 Å². The van der Waals surface area contributed by atoms with Gasteiger partial charge in [-0.3, -0.25) is 0 Å². The fourth-order valence-electron chi connectivity index (χ4n) is 3.41. The van der Waals surface area contributed by atoms with Crippen LogP contribution in [0.5, 0.6) is 0 Å². The van der Waals surface area contributed by atoms with Crippen molar-refractivity contribution >= 4 is 0 Å². The zero-order chi connectivity index (χ0) is 15.1. The van der Waals surface area contributed by atoms with Crippen molar-refractivity contribution in [3.8, 4) is 0 Å². The van der Waals surface area contributed by atoms with Gasteiger partial charge in [0, 0.05) is 13.1 Å². The number of aliphatic hydroxyl groups excluding tert-OH is 1. The van der Waals surface area contributed by atoms with Gasteiger partial charge in [-0.1, -0.05) is 26.2 Å². The summed E-state index contributed by atoms with van der Waals surface area (Å²) >= 11 is 0. The van der Waals surface area contributed by atoms with E-state index in [1.165, 1.54) is 58.0 Å². The molecule has 4 heteroatoms. The fraction of sp³-hybridized carbons (Fsp3) is 1.00. The van der Waals surface area contributed by atoms with E-state index in [1.54, 1.807) is 0 Å². The monoisotopic (exact) mass is 298 g/mol. The van der Waals surface area contributed by atoms with E-state index in [2.05, 4.69) is 24.2 Å². The third-order valence-corrected chi connectivity index (χ3v) is 5.20. The molecule has 1 atom stereocenters. The van der Waals surface area contributed by atoms with E-state index in [9.17, 15) is 5.11 Å². The van der Waals surface area contributed by atoms with Crippen molar-refractivity contribution in [3.63, 3.8) is 0 Å². The van der Waals surface area contributed by atoms with E-state index >= 15 is 0 Å². The van der Waals surface area contributed by atoms with Crippen LogP contribution in [0.25, 0.3) is 0 Å². The van der Waals surface area contributed by atoms with Gasteiger partial charge in [0.15, 0.2) is 0 Å². The predicted molar refractivity (Wildman–Crippen MR) is 86.5 cm³/mol. The zero-order valence-electron chi connectivity index (χ0n) is 13.9. The standard InChI is InChI=1S/C17H34N2O2/c1-17(8-10-19(2)11-9-17)14-18-12-15(20)13-21-16-6-4-3-5-7-16/h15-16,18,20H,3-14H2,1-2H3. The molecule has 1 unspecified atom stereocenters. The van der Waals surface area contributed by atoms with Gasteiger partial charge in [0.25, 0.3) is 0 Å². The van der Waals surface area contributed by atoms with E-state index in [-0.39, 0.29) is 6.10 Å². The van der Waals surface area contributed by atoms with Gasteiger partial charge in [-0.05, 0) is 51.2 Å². The zero-order valence-corrected chi connectivity index (χ0v) is 13.9. The Morgan fingerprint density at radius 2 is 1.90 bits per heavy atom. The number of hydrogen-bond acceptors (Lipinski definition) is 4. The van der Waals surface area contributed by atoms with Gasteiger partial charge in [-0.25, -0.2) is 0 Å². The van der Waals surface area contributed by atoms with E-state index in [0.717, 1.165) is 6.54 Å². The second kappa shape index (κ2) is 8.47. The molecule has 1 heterocycles. The van der Waals surface area contributed by atoms with Gasteiger partial charge in [-0.15, -0.1) is 0 Å². The molecule has 4 nitrogen and oxygen atoms in total. The van der Waals surface area contributed by atoms with Crippen LogP contribution in [-0.4, -0.2) is 62.0 Å². The van der Waals surface area contributed by atoms with Crippen LogP contribution in [0.4, 0.5) is 0 Å². The molecule has 2 fully saturated rings. The molecule has 0 bridgehead atoms. The summed E-state index contributed by atoms with van der Waals surface area (Å²) in [6.07, 6.45) is 8.75. The van der Waals surface area contributed by atoms with Crippen molar-refractivity contribution in [2.24, 2.45) is 5.41 Å². The molecule has 124 valence electrons. The molecule has 1 aliphatic heterocycles. The number of nitrogens with zero attached hydrogens (tertiary/aromatic N) is 1. The Balaban J connectivity index is 1.55. The largest absolute Gasteiger partial charge is 0.389 e. The number of hydrogen-bond donors (Lipinski definition) is 2. The Labute approximate surface area is 130 Å². The summed E-state index contributed by atoms with van der Waals surface area (Å²) < 4.78 is 5.83. The van der Waals surface area contributed by atoms with Crippen LogP contribution < -0.4 is 5.32 Å². The van der Waals surface area contributed by atoms with Gasteiger partial charge < -0.3 is 20.1 Å². The summed E-state index contributed by atoms with van der Waals surface area (Å²) in [6, 6.07) is 0. The first-order valence-electron chi connectivity index (χ1n) is 8.76. The summed E-state index contributed by atoms with van der Waals surface area (Å²) in [7, 11) is 2.19. The summed E-state index contributed by atoms with van der Waals surface area (Å²) in [5.41, 5.74) is 0.385. The Morgan fingerprint density at radius 1 is 1.24 bits per heavy atom. The summed E-state index contributed by atoms with van der Waals surface area (Å²) in [5.74, 6) is 0. The molecule has 0 aromatic rings. The third-order valence-electron chi connectivity index (χ3n) is 5.20. The lowest BCUT2D eigenvalue weighted by molar-refractivity contribution is -0.0238. The summed E-state index contributed by atoms with van der Waals surface area (Å²) in [5, 5.41) is 13.5. The number of aliphatic hydroxyl groups is 1. The van der Waals surface area contributed by atoms with Gasteiger partial charge in [0.05, 0.1) is 18.8 Å². The first kappa shape index (κ1) is 17.2. The molecular formula is C17H34N2O2. The minimum Gasteiger partial charge on any atom is -0.389 e. The molecule has 0 aromatic carbocycles. The highest BCUT2D eigenvalue weighted by molar-refractivity contribution is 4.83. The predicted octanol–water partition coefficient (Wildman–Crippen LogP) is 2.02. The second-order valence-corrected chi connectivity index (χ2v) is 7.49. The highest BCUT2D eigenvalue weighted by Crippen LogP contribution is 2.29. The van der Waals surface area contributed by atoms with Crippen LogP contribution in [-0.2, 0) is 4.74 Å². The Kier molecular flexibility index (Phi) is 6.93. The quantitative estimate of drug-likeness (QED) is 0.755. The molecule has 1 saturated heterocycles. The van der Waals surface area contributed by atoms with Crippen molar-refractivity contribution in [2.45, 2.75) is 64.1 Å². The van der Waals surface area contributed by atoms with E-state index in [0.29, 0.717) is 24.7 Å². The number of rotatable bonds is 7. The van der Waals surface area contributed by atoms with Crippen LogP contribution in [0.15, 0.2) is 0 Å². The fourth-order valence-corrected chi connectivity index (χ4v) is 3.41. The number of likely N-dealkylation sites (tertiary alicyclic amines) is 1. The molecule has 0 spiro atoms. The minimum atomic E-state index is -0.373. The van der Waals surface area contributed by atoms with Gasteiger partial charge in [0.1, 0.15) is 0 Å². The minimum absolute atomic E-state index is 0.373. The van der Waals surface area contributed by atoms with Crippen molar-refractivity contribution in [1.29, 1.82) is 0 Å². The van der Waals surface area contributed by atoms with Crippen LogP contribution in [0.1, 0.15) is 51.9 Å². The Hall–Kier alpha value is -0.160. The number of ether oxygens (including phenoxy) is 1. The van der Waals surface area contributed by atoms with E-state index < -0.39 is 0 Å². The lowest BCUT2D eigenvalue weighted by atomic mass is 9.80. The maximum absolute atomic E-state index is 10.0. The van der Waals surface area contributed by atoms with Crippen LogP contribution in [0.2, 0.25) is 0 Å². The topological polar surface area (TPSA) is 44.7 Å². The van der Waals surface area contributed by atoms with E-state index in [1.807, 2.05) is 0 Å². The van der Waals surface area contributed by atoms with Crippen LogP contribution in [0.3, 0.4) is 0 Å². The van der Waals surface area contributed by atoms with Crippen molar-refractivity contribution in [3.05, 3.63) is 0 Å². The van der Waals surface area contributed by atoms with Gasteiger partial charge in [0.2, 0.25) is 0 Å². The van der Waals surface area contributed by atoms with Crippen molar-refractivity contribution in [1.82, 2.24) is 10.2 Å². The number of nitrogens with one attached hydrogen (secondary N) is 1. The first-order chi connectivity index (χ1) is 10.1. The van der Waals surface area contributed by atoms with Gasteiger partial charge in [-0.2, -0.15) is 0 Å². The molecule has 2 N–H and O–H groups in total. The average Bonchev–Trinajstić information content (AvgIpc) is 2.50. The first-order valence-corrected chi connectivity index (χ1v) is 8.76. The van der Waals surface area contributed by atoms with Crippen LogP contribution >= 0.6 is 0 Å². The molecule has 0 aromatic heterocycles. The highest BCUT2D eigenvalue weighted by Gasteiger charge is 2.28. The Morgan fingerprint density at radius 3 is 2.57 bits per heavy atom. The summed E-state index contributed by atoms with van der Waals surface area (Å²) in [6.45, 7) is 6.87. The summed E-state index contributed by atoms with van der Waals surface area (Å²) in [4.78, 5) is 2.40. The molecule has 0 radical (unpaired) electrons. The normalized spacial score (nSPS) is 25.9. The third kappa shape index (κ3) is 6.23. The second-order valence-electron chi connectivity index (χ2n) is 7.49. The SMILES string of the molecule is CN1CCC(C)(CNCC(O)COC2CCCCC2)CC1. The van der Waals surface area contributed by atoms with Crippen LogP contribution in [0, 0.1) is 5.41 Å². The molecular weight excluding hydrogens is 264 g/mol. The Bertz CT molecular complexity index is 285. The molecule has 21 heavy (non-hydrogen) atoms. The highest BCUT2D eigenvalue weighted by atomic mass is 16.5. The van der Waals surface area contributed by atoms with Gasteiger partial charge >= 0.3 is 0 Å². The number of piperidine rings is 1. The molecule has 2 rings (SSSR count). The molecule has 0 amide bonds.